The monoisotopic (exact) mass is 195 g/mol. The van der Waals surface area contributed by atoms with Gasteiger partial charge in [0.15, 0.2) is 5.65 Å². The first-order chi connectivity index (χ1) is 7.33. The molecule has 1 aromatic carbocycles. The number of aromatic nitrogens is 3. The maximum atomic E-state index is 4.49. The largest absolute Gasteiger partial charge is 0.241 e. The lowest BCUT2D eigenvalue weighted by atomic mass is 10.2. The number of pyridine rings is 1. The molecule has 0 N–H and O–H groups in total. The fraction of sp³-hybridized carbons (Fsp3) is 0.0833. The number of hydrogen-bond acceptors (Lipinski definition) is 3. The number of aryl methyl sites for hydroxylation is 1. The van der Waals surface area contributed by atoms with Crippen LogP contribution >= 0.6 is 0 Å². The zero-order chi connectivity index (χ0) is 10.3. The van der Waals surface area contributed by atoms with Gasteiger partial charge in [-0.3, -0.25) is 0 Å². The predicted octanol–water partition coefficient (Wildman–Crippen LogP) is 2.49. The van der Waals surface area contributed by atoms with E-state index in [0.717, 1.165) is 27.8 Å². The summed E-state index contributed by atoms with van der Waals surface area (Å²) < 4.78 is 0. The highest BCUT2D eigenvalue weighted by Gasteiger charge is 2.00. The Bertz CT molecular complexity index is 646. The lowest BCUT2D eigenvalue weighted by Gasteiger charge is -2.00. The Morgan fingerprint density at radius 3 is 2.80 bits per heavy atom. The van der Waals surface area contributed by atoms with Crippen molar-refractivity contribution >= 4 is 21.9 Å². The summed E-state index contributed by atoms with van der Waals surface area (Å²) in [4.78, 5) is 13.0. The van der Waals surface area contributed by atoms with Crippen LogP contribution in [0, 0.1) is 6.92 Å². The maximum Gasteiger partial charge on any atom is 0.163 e. The average molecular weight is 195 g/mol. The van der Waals surface area contributed by atoms with Gasteiger partial charge in [0.25, 0.3) is 0 Å². The number of fused-ring (bicyclic) bond motifs is 2. The van der Waals surface area contributed by atoms with Crippen LogP contribution in [0.1, 0.15) is 5.82 Å². The Balaban J connectivity index is 2.47. The van der Waals surface area contributed by atoms with Gasteiger partial charge in [-0.1, -0.05) is 18.2 Å². The number of nitrogens with zero attached hydrogens (tertiary/aromatic N) is 3. The number of hydrogen-bond donors (Lipinski definition) is 0. The zero-order valence-electron chi connectivity index (χ0n) is 8.31. The third-order valence-electron chi connectivity index (χ3n) is 2.39. The fourth-order valence-electron chi connectivity index (χ4n) is 1.65. The molecule has 0 saturated carbocycles. The van der Waals surface area contributed by atoms with Gasteiger partial charge in [-0.15, -0.1) is 0 Å². The van der Waals surface area contributed by atoms with Crippen LogP contribution in [-0.4, -0.2) is 15.0 Å². The molecule has 72 valence electrons. The summed E-state index contributed by atoms with van der Waals surface area (Å²) in [5.74, 6) is 0.755. The Morgan fingerprint density at radius 2 is 1.87 bits per heavy atom. The van der Waals surface area contributed by atoms with Crippen molar-refractivity contribution in [3.8, 4) is 0 Å². The minimum absolute atomic E-state index is 0.755. The molecule has 0 atom stereocenters. The van der Waals surface area contributed by atoms with E-state index < -0.39 is 0 Å². The van der Waals surface area contributed by atoms with Crippen molar-refractivity contribution in [2.75, 3.05) is 0 Å². The Morgan fingerprint density at radius 1 is 1.00 bits per heavy atom. The van der Waals surface area contributed by atoms with E-state index in [0.29, 0.717) is 0 Å². The molecule has 0 saturated heterocycles. The minimum Gasteiger partial charge on any atom is -0.241 e. The Labute approximate surface area is 86.8 Å². The molecular formula is C12H9N3. The predicted molar refractivity (Wildman–Crippen MR) is 59.6 cm³/mol. The van der Waals surface area contributed by atoms with Crippen LogP contribution in [-0.2, 0) is 0 Å². The summed E-state index contributed by atoms with van der Waals surface area (Å²) in [6, 6.07) is 10.1. The van der Waals surface area contributed by atoms with Crippen molar-refractivity contribution in [2.24, 2.45) is 0 Å². The summed E-state index contributed by atoms with van der Waals surface area (Å²) in [5, 5.41) is 2.11. The standard InChI is InChI=1S/C12H9N3/c1-8-13-7-10-6-9-4-2-3-5-11(9)15-12(10)14-8/h2-7H,1H3. The van der Waals surface area contributed by atoms with Crippen molar-refractivity contribution in [3.05, 3.63) is 42.4 Å². The first-order valence-corrected chi connectivity index (χ1v) is 4.82. The van der Waals surface area contributed by atoms with Gasteiger partial charge in [0.05, 0.1) is 5.52 Å². The topological polar surface area (TPSA) is 38.7 Å². The molecule has 0 aliphatic carbocycles. The van der Waals surface area contributed by atoms with Gasteiger partial charge < -0.3 is 0 Å². The van der Waals surface area contributed by atoms with Crippen LogP contribution in [0.25, 0.3) is 21.9 Å². The molecule has 0 aliphatic heterocycles. The molecule has 0 fully saturated rings. The van der Waals surface area contributed by atoms with Crippen molar-refractivity contribution in [3.63, 3.8) is 0 Å². The molecule has 3 aromatic rings. The van der Waals surface area contributed by atoms with Gasteiger partial charge in [0.2, 0.25) is 0 Å². The van der Waals surface area contributed by atoms with E-state index in [-0.39, 0.29) is 0 Å². The second-order valence-electron chi connectivity index (χ2n) is 3.51. The van der Waals surface area contributed by atoms with Crippen LogP contribution in [0.2, 0.25) is 0 Å². The van der Waals surface area contributed by atoms with E-state index in [1.54, 1.807) is 0 Å². The first-order valence-electron chi connectivity index (χ1n) is 4.82. The zero-order valence-corrected chi connectivity index (χ0v) is 8.31. The summed E-state index contributed by atoms with van der Waals surface area (Å²) >= 11 is 0. The molecule has 2 heterocycles. The van der Waals surface area contributed by atoms with Crippen molar-refractivity contribution in [2.45, 2.75) is 6.92 Å². The van der Waals surface area contributed by atoms with Gasteiger partial charge in [-0.25, -0.2) is 15.0 Å². The molecule has 3 rings (SSSR count). The number of benzene rings is 1. The molecule has 0 unspecified atom stereocenters. The molecule has 0 amide bonds. The minimum atomic E-state index is 0.755. The lowest BCUT2D eigenvalue weighted by Crippen LogP contribution is -1.91. The summed E-state index contributed by atoms with van der Waals surface area (Å²) in [5.41, 5.74) is 1.74. The quantitative estimate of drug-likeness (QED) is 0.517. The highest BCUT2D eigenvalue weighted by atomic mass is 14.9. The van der Waals surface area contributed by atoms with Crippen molar-refractivity contribution < 1.29 is 0 Å². The molecule has 3 nitrogen and oxygen atoms in total. The smallest absolute Gasteiger partial charge is 0.163 e. The van der Waals surface area contributed by atoms with Crippen LogP contribution in [0.15, 0.2) is 36.5 Å². The fourth-order valence-corrected chi connectivity index (χ4v) is 1.65. The average Bonchev–Trinajstić information content (AvgIpc) is 2.26. The van der Waals surface area contributed by atoms with Crippen LogP contribution in [0.4, 0.5) is 0 Å². The normalized spacial score (nSPS) is 11.0. The van der Waals surface area contributed by atoms with Gasteiger partial charge in [0.1, 0.15) is 5.82 Å². The van der Waals surface area contributed by atoms with Gasteiger partial charge in [-0.2, -0.15) is 0 Å². The number of para-hydroxylation sites is 1. The van der Waals surface area contributed by atoms with Gasteiger partial charge in [-0.05, 0) is 19.1 Å². The second kappa shape index (κ2) is 2.98. The molecule has 15 heavy (non-hydrogen) atoms. The Hall–Kier alpha value is -2.03. The molecule has 0 spiro atoms. The lowest BCUT2D eigenvalue weighted by molar-refractivity contribution is 1.08. The van der Waals surface area contributed by atoms with Crippen molar-refractivity contribution in [1.29, 1.82) is 0 Å². The third kappa shape index (κ3) is 1.32. The first kappa shape index (κ1) is 8.29. The highest BCUT2D eigenvalue weighted by molar-refractivity contribution is 5.90. The number of rotatable bonds is 0. The SMILES string of the molecule is Cc1ncc2cc3ccccc3nc2n1. The summed E-state index contributed by atoms with van der Waals surface area (Å²) in [6.07, 6.45) is 1.82. The summed E-state index contributed by atoms with van der Waals surface area (Å²) in [6.45, 7) is 1.87. The second-order valence-corrected chi connectivity index (χ2v) is 3.51. The molecular weight excluding hydrogens is 186 g/mol. The van der Waals surface area contributed by atoms with E-state index in [9.17, 15) is 0 Å². The van der Waals surface area contributed by atoms with Crippen LogP contribution in [0.5, 0.6) is 0 Å². The van der Waals surface area contributed by atoms with Crippen LogP contribution < -0.4 is 0 Å². The summed E-state index contributed by atoms with van der Waals surface area (Å²) in [7, 11) is 0. The van der Waals surface area contributed by atoms with E-state index >= 15 is 0 Å². The molecule has 0 radical (unpaired) electrons. The Kier molecular flexibility index (Phi) is 1.65. The highest BCUT2D eigenvalue weighted by Crippen LogP contribution is 2.17. The van der Waals surface area contributed by atoms with Gasteiger partial charge in [0, 0.05) is 17.0 Å². The van der Waals surface area contributed by atoms with E-state index in [1.165, 1.54) is 0 Å². The van der Waals surface area contributed by atoms with E-state index in [1.807, 2.05) is 37.4 Å². The molecule has 2 aromatic heterocycles. The van der Waals surface area contributed by atoms with Crippen LogP contribution in [0.3, 0.4) is 0 Å². The van der Waals surface area contributed by atoms with E-state index in [4.69, 9.17) is 0 Å². The third-order valence-corrected chi connectivity index (χ3v) is 2.39. The molecule has 0 bridgehead atoms. The van der Waals surface area contributed by atoms with Crippen molar-refractivity contribution in [1.82, 2.24) is 15.0 Å². The van der Waals surface area contributed by atoms with E-state index in [2.05, 4.69) is 21.0 Å². The molecule has 0 aliphatic rings. The van der Waals surface area contributed by atoms with Gasteiger partial charge >= 0.3 is 0 Å². The maximum absolute atomic E-state index is 4.49. The molecule has 3 heteroatoms.